The number of benzene rings is 1. The van der Waals surface area contributed by atoms with Gasteiger partial charge in [-0.05, 0) is 36.1 Å². The predicted molar refractivity (Wildman–Crippen MR) is 87.5 cm³/mol. The zero-order valence-electron chi connectivity index (χ0n) is 11.2. The van der Waals surface area contributed by atoms with Crippen LogP contribution in [0.1, 0.15) is 17.5 Å². The Labute approximate surface area is 124 Å². The van der Waals surface area contributed by atoms with Crippen LogP contribution in [0.15, 0.2) is 47.0 Å². The number of allylic oxidation sites excluding steroid dienone is 3. The second-order valence-corrected chi connectivity index (χ2v) is 5.75. The summed E-state index contributed by atoms with van der Waals surface area (Å²) in [6, 6.07) is 6.41. The molecular formula is C16H17N3S. The van der Waals surface area contributed by atoms with E-state index in [2.05, 4.69) is 17.1 Å². The molecule has 1 aromatic carbocycles. The van der Waals surface area contributed by atoms with Crippen LogP contribution in [0, 0.1) is 0 Å². The average molecular weight is 283 g/mol. The van der Waals surface area contributed by atoms with Crippen LogP contribution < -0.4 is 11.5 Å². The fourth-order valence-corrected chi connectivity index (χ4v) is 2.95. The minimum atomic E-state index is 0.236. The molecule has 0 bridgehead atoms. The molecular weight excluding hydrogens is 266 g/mol. The average Bonchev–Trinajstić information content (AvgIpc) is 2.78. The van der Waals surface area contributed by atoms with Crippen LogP contribution in [0.3, 0.4) is 0 Å². The summed E-state index contributed by atoms with van der Waals surface area (Å²) in [5, 5.41) is 0. The van der Waals surface area contributed by atoms with Crippen molar-refractivity contribution in [3.63, 3.8) is 0 Å². The largest absolute Gasteiger partial charge is 0.383 e. The Morgan fingerprint density at radius 2 is 2.05 bits per heavy atom. The van der Waals surface area contributed by atoms with E-state index in [1.54, 1.807) is 0 Å². The summed E-state index contributed by atoms with van der Waals surface area (Å²) in [5.74, 6) is 0.488. The van der Waals surface area contributed by atoms with Gasteiger partial charge in [-0.2, -0.15) is 0 Å². The number of rotatable bonds is 2. The van der Waals surface area contributed by atoms with E-state index in [-0.39, 0.29) is 6.04 Å². The molecule has 3 rings (SSSR count). The number of hydrogen-bond acceptors (Lipinski definition) is 3. The summed E-state index contributed by atoms with van der Waals surface area (Å²) in [4.78, 5) is 5.34. The van der Waals surface area contributed by atoms with Crippen molar-refractivity contribution in [2.45, 2.75) is 25.3 Å². The van der Waals surface area contributed by atoms with Crippen LogP contribution in [0.2, 0.25) is 0 Å². The second-order valence-electron chi connectivity index (χ2n) is 5.25. The van der Waals surface area contributed by atoms with Gasteiger partial charge in [-0.25, -0.2) is 4.99 Å². The van der Waals surface area contributed by atoms with E-state index < -0.39 is 0 Å². The quantitative estimate of drug-likeness (QED) is 0.497. The van der Waals surface area contributed by atoms with Gasteiger partial charge in [0, 0.05) is 22.9 Å². The summed E-state index contributed by atoms with van der Waals surface area (Å²) in [6.45, 7) is 0. The fraction of sp³-hybridized carbons (Fsp3) is 0.250. The smallest absolute Gasteiger partial charge is 0.132 e. The predicted octanol–water partition coefficient (Wildman–Crippen LogP) is 2.36. The van der Waals surface area contributed by atoms with Gasteiger partial charge >= 0.3 is 0 Å². The first-order valence-electron chi connectivity index (χ1n) is 6.75. The second kappa shape index (κ2) is 5.31. The van der Waals surface area contributed by atoms with E-state index in [9.17, 15) is 0 Å². The lowest BCUT2D eigenvalue weighted by molar-refractivity contribution is 0.721. The van der Waals surface area contributed by atoms with Gasteiger partial charge in [0.25, 0.3) is 0 Å². The maximum atomic E-state index is 6.08. The molecule has 0 spiro atoms. The van der Waals surface area contributed by atoms with Crippen LogP contribution in [0.4, 0.5) is 5.69 Å². The molecule has 3 nitrogen and oxygen atoms in total. The van der Waals surface area contributed by atoms with Crippen molar-refractivity contribution in [3.8, 4) is 0 Å². The van der Waals surface area contributed by atoms with Crippen molar-refractivity contribution in [3.05, 3.63) is 53.1 Å². The molecule has 1 atom stereocenters. The van der Waals surface area contributed by atoms with Gasteiger partial charge in [0.1, 0.15) is 5.84 Å². The summed E-state index contributed by atoms with van der Waals surface area (Å²) in [6.07, 6.45) is 8.55. The van der Waals surface area contributed by atoms with Gasteiger partial charge < -0.3 is 11.5 Å². The van der Waals surface area contributed by atoms with E-state index in [4.69, 9.17) is 23.7 Å². The highest BCUT2D eigenvalue weighted by atomic mass is 32.1. The normalized spacial score (nSPS) is 21.9. The zero-order valence-corrected chi connectivity index (χ0v) is 12.0. The molecule has 0 aromatic heterocycles. The van der Waals surface area contributed by atoms with E-state index in [0.29, 0.717) is 5.84 Å². The summed E-state index contributed by atoms with van der Waals surface area (Å²) in [5.41, 5.74) is 16.4. The van der Waals surface area contributed by atoms with Gasteiger partial charge in [0.2, 0.25) is 0 Å². The third-order valence-corrected chi connectivity index (χ3v) is 4.07. The van der Waals surface area contributed by atoms with E-state index in [1.165, 1.54) is 11.1 Å². The third-order valence-electron chi connectivity index (χ3n) is 3.68. The number of nitrogens with zero attached hydrogens (tertiary/aromatic N) is 1. The molecule has 0 heterocycles. The Bertz CT molecular complexity index is 656. The van der Waals surface area contributed by atoms with Gasteiger partial charge in [0.05, 0.1) is 5.69 Å². The van der Waals surface area contributed by atoms with Crippen LogP contribution in [-0.2, 0) is 12.8 Å². The van der Waals surface area contributed by atoms with Gasteiger partial charge in [0.15, 0.2) is 0 Å². The standard InChI is InChI=1S/C16H17N3S/c17-12-7-10-5-6-13(9-11(10)8-12)19-16(18)14-3-1-2-4-15(14)20/h1-3,5-6,9,12H,4,7-8,17H2,(H2,18,19). The van der Waals surface area contributed by atoms with Crippen LogP contribution in [-0.4, -0.2) is 16.7 Å². The highest BCUT2D eigenvalue weighted by molar-refractivity contribution is 7.81. The molecule has 1 unspecified atom stereocenters. The monoisotopic (exact) mass is 283 g/mol. The molecule has 0 saturated carbocycles. The molecule has 4 heteroatoms. The highest BCUT2D eigenvalue weighted by Crippen LogP contribution is 2.26. The Morgan fingerprint density at radius 1 is 1.25 bits per heavy atom. The molecule has 102 valence electrons. The molecule has 0 amide bonds. The lowest BCUT2D eigenvalue weighted by atomic mass is 10.0. The van der Waals surface area contributed by atoms with Crippen molar-refractivity contribution in [2.24, 2.45) is 16.5 Å². The minimum absolute atomic E-state index is 0.236. The number of nitrogens with two attached hydrogens (primary N) is 2. The number of fused-ring (bicyclic) bond motifs is 1. The highest BCUT2D eigenvalue weighted by Gasteiger charge is 2.18. The first kappa shape index (κ1) is 13.2. The number of aliphatic imine (C=N–C) groups is 1. The Kier molecular flexibility index (Phi) is 3.51. The van der Waals surface area contributed by atoms with Gasteiger partial charge in [-0.1, -0.05) is 36.5 Å². The number of hydrogen-bond donors (Lipinski definition) is 2. The maximum Gasteiger partial charge on any atom is 0.132 e. The number of thiocarbonyl (C=S) groups is 1. The Balaban J connectivity index is 1.89. The molecule has 0 radical (unpaired) electrons. The van der Waals surface area contributed by atoms with Crippen molar-refractivity contribution in [1.82, 2.24) is 0 Å². The van der Waals surface area contributed by atoms with Crippen molar-refractivity contribution in [2.75, 3.05) is 0 Å². The minimum Gasteiger partial charge on any atom is -0.383 e. The van der Waals surface area contributed by atoms with Gasteiger partial charge in [-0.3, -0.25) is 0 Å². The number of amidine groups is 1. The molecule has 20 heavy (non-hydrogen) atoms. The fourth-order valence-electron chi connectivity index (χ4n) is 2.68. The van der Waals surface area contributed by atoms with E-state index in [1.807, 2.05) is 24.3 Å². The SMILES string of the molecule is NC(=Nc1ccc2c(c1)CC(N)C2)C1=CC=CCC1=S. The van der Waals surface area contributed by atoms with Crippen LogP contribution in [0.25, 0.3) is 0 Å². The van der Waals surface area contributed by atoms with Crippen molar-refractivity contribution in [1.29, 1.82) is 0 Å². The summed E-state index contributed by atoms with van der Waals surface area (Å²) >= 11 is 5.32. The van der Waals surface area contributed by atoms with E-state index >= 15 is 0 Å². The molecule has 4 N–H and O–H groups in total. The first-order chi connectivity index (χ1) is 9.63. The molecule has 1 aromatic rings. The summed E-state index contributed by atoms with van der Waals surface area (Å²) < 4.78 is 0. The Hall–Kier alpha value is -1.78. The lowest BCUT2D eigenvalue weighted by Gasteiger charge is -2.10. The molecule has 0 aliphatic heterocycles. The van der Waals surface area contributed by atoms with Crippen LogP contribution in [0.5, 0.6) is 0 Å². The molecule has 2 aliphatic carbocycles. The van der Waals surface area contributed by atoms with E-state index in [0.717, 1.165) is 35.4 Å². The summed E-state index contributed by atoms with van der Waals surface area (Å²) in [7, 11) is 0. The van der Waals surface area contributed by atoms with Crippen molar-refractivity contribution >= 4 is 28.6 Å². The maximum absolute atomic E-state index is 6.08. The first-order valence-corrected chi connectivity index (χ1v) is 7.16. The topological polar surface area (TPSA) is 64.4 Å². The zero-order chi connectivity index (χ0) is 14.1. The molecule has 0 saturated heterocycles. The van der Waals surface area contributed by atoms with Gasteiger partial charge in [-0.15, -0.1) is 0 Å². The Morgan fingerprint density at radius 3 is 2.85 bits per heavy atom. The van der Waals surface area contributed by atoms with Crippen molar-refractivity contribution < 1.29 is 0 Å². The molecule has 2 aliphatic rings. The third kappa shape index (κ3) is 2.57. The van der Waals surface area contributed by atoms with Crippen LogP contribution >= 0.6 is 12.2 Å². The molecule has 0 fully saturated rings. The lowest BCUT2D eigenvalue weighted by Crippen LogP contribution is -2.20.